The summed E-state index contributed by atoms with van der Waals surface area (Å²) in [5.41, 5.74) is 3.58. The van der Waals surface area contributed by atoms with Gasteiger partial charge in [0.05, 0.1) is 0 Å². The summed E-state index contributed by atoms with van der Waals surface area (Å²) in [6, 6.07) is 9.38. The lowest BCUT2D eigenvalue weighted by Gasteiger charge is -2.31. The summed E-state index contributed by atoms with van der Waals surface area (Å²) in [6.45, 7) is 18.6. The number of benzene rings is 1. The van der Waals surface area contributed by atoms with Crippen LogP contribution in [0, 0.1) is 11.3 Å². The Morgan fingerprint density at radius 1 is 0.900 bits per heavy atom. The Balaban J connectivity index is 3.03. The van der Waals surface area contributed by atoms with Crippen molar-refractivity contribution in [3.63, 3.8) is 0 Å². The second-order valence-corrected chi connectivity index (χ2v) is 8.63. The Bertz CT molecular complexity index is 397. The van der Waals surface area contributed by atoms with E-state index < -0.39 is 0 Å². The van der Waals surface area contributed by atoms with Crippen LogP contribution in [-0.2, 0) is 5.41 Å². The lowest BCUT2D eigenvalue weighted by molar-refractivity contribution is 0.288. The summed E-state index contributed by atoms with van der Waals surface area (Å²) in [5.74, 6) is 1.42. The first-order valence-electron chi connectivity index (χ1n) is 8.15. The summed E-state index contributed by atoms with van der Waals surface area (Å²) >= 11 is 0. The van der Waals surface area contributed by atoms with Crippen LogP contribution >= 0.6 is 0 Å². The fourth-order valence-corrected chi connectivity index (χ4v) is 2.82. The molecular formula is C20H34. The van der Waals surface area contributed by atoms with Gasteiger partial charge in [-0.1, -0.05) is 86.1 Å². The maximum atomic E-state index is 2.40. The molecule has 0 fully saturated rings. The normalized spacial score (nSPS) is 16.0. The molecule has 0 heteroatoms. The maximum Gasteiger partial charge on any atom is -0.0131 e. The van der Waals surface area contributed by atoms with Crippen molar-refractivity contribution in [2.45, 2.75) is 79.6 Å². The van der Waals surface area contributed by atoms with Crippen molar-refractivity contribution < 1.29 is 0 Å². The molecule has 0 saturated carbocycles. The molecule has 1 aromatic carbocycles. The van der Waals surface area contributed by atoms with Gasteiger partial charge < -0.3 is 0 Å². The molecule has 0 nitrogen and oxygen atoms in total. The Morgan fingerprint density at radius 2 is 1.40 bits per heavy atom. The van der Waals surface area contributed by atoms with Crippen LogP contribution in [0.25, 0.3) is 0 Å². The molecule has 0 radical (unpaired) electrons. The number of rotatable bonds is 4. The van der Waals surface area contributed by atoms with Gasteiger partial charge in [-0.25, -0.2) is 0 Å². The lowest BCUT2D eigenvalue weighted by atomic mass is 9.74. The quantitative estimate of drug-likeness (QED) is 0.584. The average molecular weight is 274 g/mol. The third kappa shape index (κ3) is 4.96. The summed E-state index contributed by atoms with van der Waals surface area (Å²) < 4.78 is 0. The van der Waals surface area contributed by atoms with Gasteiger partial charge >= 0.3 is 0 Å². The molecule has 0 amide bonds. The monoisotopic (exact) mass is 274 g/mol. The van der Waals surface area contributed by atoms with Gasteiger partial charge in [-0.2, -0.15) is 0 Å². The van der Waals surface area contributed by atoms with Crippen LogP contribution in [0.15, 0.2) is 24.3 Å². The van der Waals surface area contributed by atoms with E-state index in [4.69, 9.17) is 0 Å². The van der Waals surface area contributed by atoms with Gasteiger partial charge in [-0.05, 0) is 40.2 Å². The number of hydrogen-bond donors (Lipinski definition) is 0. The van der Waals surface area contributed by atoms with Crippen LogP contribution in [0.1, 0.15) is 85.3 Å². The minimum absolute atomic E-state index is 0.244. The Hall–Kier alpha value is -0.780. The first kappa shape index (κ1) is 17.3. The first-order chi connectivity index (χ1) is 9.04. The van der Waals surface area contributed by atoms with E-state index in [-0.39, 0.29) is 5.41 Å². The Labute approximate surface area is 127 Å². The Morgan fingerprint density at radius 3 is 1.75 bits per heavy atom. The van der Waals surface area contributed by atoms with E-state index >= 15 is 0 Å². The standard InChI is InChI=1S/C20H34/c1-9-15(2)18(14-19(3,4)5)16-10-12-17(13-11-16)20(6,7)8/h10-13,15,18H,9,14H2,1-8H3. The van der Waals surface area contributed by atoms with Crippen molar-refractivity contribution in [1.29, 1.82) is 0 Å². The van der Waals surface area contributed by atoms with Crippen LogP contribution in [0.2, 0.25) is 0 Å². The van der Waals surface area contributed by atoms with Crippen LogP contribution in [0.4, 0.5) is 0 Å². The highest BCUT2D eigenvalue weighted by atomic mass is 14.3. The molecule has 0 bridgehead atoms. The van der Waals surface area contributed by atoms with E-state index in [1.807, 2.05) is 0 Å². The van der Waals surface area contributed by atoms with Gasteiger partial charge in [0.15, 0.2) is 0 Å². The molecule has 0 aliphatic heterocycles. The third-order valence-corrected chi connectivity index (χ3v) is 4.37. The fraction of sp³-hybridized carbons (Fsp3) is 0.700. The average Bonchev–Trinajstić information content (AvgIpc) is 2.33. The summed E-state index contributed by atoms with van der Waals surface area (Å²) in [6.07, 6.45) is 2.51. The molecule has 0 heterocycles. The zero-order valence-electron chi connectivity index (χ0n) is 14.9. The van der Waals surface area contributed by atoms with Gasteiger partial charge in [0.25, 0.3) is 0 Å². The van der Waals surface area contributed by atoms with Crippen molar-refractivity contribution in [1.82, 2.24) is 0 Å². The van der Waals surface area contributed by atoms with Crippen molar-refractivity contribution in [3.8, 4) is 0 Å². The van der Waals surface area contributed by atoms with Crippen molar-refractivity contribution >= 4 is 0 Å². The fourth-order valence-electron chi connectivity index (χ4n) is 2.82. The van der Waals surface area contributed by atoms with Crippen molar-refractivity contribution in [2.24, 2.45) is 11.3 Å². The van der Waals surface area contributed by atoms with E-state index in [0.717, 1.165) is 5.92 Å². The van der Waals surface area contributed by atoms with Crippen LogP contribution in [0.5, 0.6) is 0 Å². The maximum absolute atomic E-state index is 2.40. The molecule has 0 aliphatic carbocycles. The molecule has 0 saturated heterocycles. The van der Waals surface area contributed by atoms with Gasteiger partial charge in [0.2, 0.25) is 0 Å². The molecule has 0 N–H and O–H groups in total. The van der Waals surface area contributed by atoms with Gasteiger partial charge in [-0.3, -0.25) is 0 Å². The topological polar surface area (TPSA) is 0 Å². The highest BCUT2D eigenvalue weighted by molar-refractivity contribution is 5.30. The zero-order chi connectivity index (χ0) is 15.6. The smallest absolute Gasteiger partial charge is 0.0131 e. The highest BCUT2D eigenvalue weighted by Gasteiger charge is 2.24. The van der Waals surface area contributed by atoms with E-state index in [9.17, 15) is 0 Å². The van der Waals surface area contributed by atoms with Crippen LogP contribution in [-0.4, -0.2) is 0 Å². The minimum atomic E-state index is 0.244. The van der Waals surface area contributed by atoms with Crippen molar-refractivity contribution in [2.75, 3.05) is 0 Å². The summed E-state index contributed by atoms with van der Waals surface area (Å²) in [4.78, 5) is 0. The molecule has 2 unspecified atom stereocenters. The van der Waals surface area contributed by atoms with Gasteiger partial charge in [0, 0.05) is 0 Å². The molecule has 0 spiro atoms. The van der Waals surface area contributed by atoms with E-state index in [1.165, 1.54) is 24.0 Å². The molecule has 20 heavy (non-hydrogen) atoms. The summed E-state index contributed by atoms with van der Waals surface area (Å²) in [7, 11) is 0. The largest absolute Gasteiger partial charge is 0.0651 e. The predicted octanol–water partition coefficient (Wildman–Crippen LogP) is 6.55. The van der Waals surface area contributed by atoms with E-state index in [2.05, 4.69) is 79.7 Å². The zero-order valence-corrected chi connectivity index (χ0v) is 14.9. The van der Waals surface area contributed by atoms with Crippen LogP contribution in [0.3, 0.4) is 0 Å². The highest BCUT2D eigenvalue weighted by Crippen LogP contribution is 2.38. The SMILES string of the molecule is CCC(C)C(CC(C)(C)C)c1ccc(C(C)(C)C)cc1. The van der Waals surface area contributed by atoms with Gasteiger partial charge in [-0.15, -0.1) is 0 Å². The molecule has 1 rings (SSSR count). The van der Waals surface area contributed by atoms with E-state index in [1.54, 1.807) is 0 Å². The molecule has 0 aliphatic rings. The van der Waals surface area contributed by atoms with E-state index in [0.29, 0.717) is 11.3 Å². The lowest BCUT2D eigenvalue weighted by Crippen LogP contribution is -2.18. The minimum Gasteiger partial charge on any atom is -0.0651 e. The van der Waals surface area contributed by atoms with Crippen molar-refractivity contribution in [3.05, 3.63) is 35.4 Å². The number of hydrogen-bond acceptors (Lipinski definition) is 0. The van der Waals surface area contributed by atoms with Gasteiger partial charge in [0.1, 0.15) is 0 Å². The second kappa shape index (κ2) is 6.33. The molecule has 1 aromatic rings. The van der Waals surface area contributed by atoms with Crippen LogP contribution < -0.4 is 0 Å². The predicted molar refractivity (Wildman–Crippen MR) is 91.4 cm³/mol. The first-order valence-corrected chi connectivity index (χ1v) is 8.15. The third-order valence-electron chi connectivity index (χ3n) is 4.37. The second-order valence-electron chi connectivity index (χ2n) is 8.63. The molecular weight excluding hydrogens is 240 g/mol. The Kier molecular flexibility index (Phi) is 5.46. The molecule has 2 atom stereocenters. The molecule has 0 aromatic heterocycles. The molecule has 114 valence electrons. The summed E-state index contributed by atoms with van der Waals surface area (Å²) in [5, 5.41) is 0.